The molecular weight excluding hydrogens is 553 g/mol. The summed E-state index contributed by atoms with van der Waals surface area (Å²) in [4.78, 5) is 11.4. The molecule has 8 nitrogen and oxygen atoms in total. The van der Waals surface area contributed by atoms with Crippen molar-refractivity contribution in [2.24, 2.45) is 0 Å². The molecule has 36 heavy (non-hydrogen) atoms. The Balaban J connectivity index is 1.63. The lowest BCUT2D eigenvalue weighted by Crippen LogP contribution is -2.47. The lowest BCUT2D eigenvalue weighted by Gasteiger charge is -2.42. The molecule has 1 aliphatic heterocycles. The van der Waals surface area contributed by atoms with Gasteiger partial charge in [-0.1, -0.05) is 41.9 Å². The summed E-state index contributed by atoms with van der Waals surface area (Å²) < 4.78 is 45.5. The summed E-state index contributed by atoms with van der Waals surface area (Å²) >= 11 is 18.7. The molecular formula is C24H26Cl3NO7S. The molecule has 0 radical (unpaired) electrons. The van der Waals surface area contributed by atoms with Gasteiger partial charge >= 0.3 is 6.09 Å². The maximum Gasteiger partial charge on any atom is 0.421 e. The number of sulfonamides is 1. The quantitative estimate of drug-likeness (QED) is 0.216. The Morgan fingerprint density at radius 3 is 2.25 bits per heavy atom. The van der Waals surface area contributed by atoms with Crippen molar-refractivity contribution in [2.75, 3.05) is 45.2 Å². The van der Waals surface area contributed by atoms with Crippen LogP contribution in [0.1, 0.15) is 17.5 Å². The normalized spacial score (nSPS) is 14.4. The Morgan fingerprint density at radius 1 is 1.08 bits per heavy atom. The van der Waals surface area contributed by atoms with Crippen LogP contribution in [0.3, 0.4) is 0 Å². The molecule has 0 atom stereocenters. The third kappa shape index (κ3) is 7.43. The molecule has 196 valence electrons. The number of alkyl halides is 1. The number of halogens is 3. The zero-order valence-electron chi connectivity index (χ0n) is 19.5. The summed E-state index contributed by atoms with van der Waals surface area (Å²) in [7, 11) is -3.69. The summed E-state index contributed by atoms with van der Waals surface area (Å²) in [5, 5.41) is 0.841. The van der Waals surface area contributed by atoms with Gasteiger partial charge in [-0.15, -0.1) is 11.6 Å². The third-order valence-electron chi connectivity index (χ3n) is 5.30. The van der Waals surface area contributed by atoms with Crippen molar-refractivity contribution in [2.45, 2.75) is 11.8 Å². The molecule has 1 saturated heterocycles. The topological polar surface area (TPSA) is 100 Å². The van der Waals surface area contributed by atoms with Crippen LogP contribution in [0.15, 0.2) is 48.6 Å². The van der Waals surface area contributed by atoms with Crippen LogP contribution in [-0.2, 0) is 24.9 Å². The van der Waals surface area contributed by atoms with Crippen molar-refractivity contribution < 1.29 is 32.2 Å². The minimum Gasteiger partial charge on any atom is -0.490 e. The standard InChI is InChI=1S/C24H26Cl3NO7S/c1-16(13-35-23(29)28-36(2,30)31)12-34-19-6-4-17(5-7-19)24(14-32-15-24)18-10-20(26)22(21(27)11-18)33-9-3-8-25/h4-7,10-11H,1,3,8-9,12-15H2,2H3,(H,28,29). The van der Waals surface area contributed by atoms with Gasteiger partial charge in [0.05, 0.1) is 41.5 Å². The number of benzene rings is 2. The Kier molecular flexibility index (Phi) is 9.77. The van der Waals surface area contributed by atoms with Crippen LogP contribution in [-0.4, -0.2) is 59.7 Å². The summed E-state index contributed by atoms with van der Waals surface area (Å²) in [6, 6.07) is 11.2. The number of carbonyl (C=O) groups excluding carboxylic acids is 1. The van der Waals surface area contributed by atoms with Crippen LogP contribution in [0, 0.1) is 0 Å². The van der Waals surface area contributed by atoms with Crippen LogP contribution in [0.25, 0.3) is 0 Å². The minimum absolute atomic E-state index is 0.0795. The second kappa shape index (κ2) is 12.4. The molecule has 0 aromatic heterocycles. The number of nitrogens with one attached hydrogen (secondary N) is 1. The maximum atomic E-state index is 11.4. The van der Waals surface area contributed by atoms with Crippen molar-refractivity contribution >= 4 is 50.9 Å². The number of amides is 1. The molecule has 3 rings (SSSR count). The molecule has 0 unspecified atom stereocenters. The van der Waals surface area contributed by atoms with Crippen molar-refractivity contribution in [1.82, 2.24) is 4.72 Å². The molecule has 2 aromatic rings. The highest BCUT2D eigenvalue weighted by Gasteiger charge is 2.42. The fourth-order valence-corrected chi connectivity index (χ4v) is 4.52. The lowest BCUT2D eigenvalue weighted by molar-refractivity contribution is -0.0380. The fourth-order valence-electron chi connectivity index (χ4n) is 3.45. The van der Waals surface area contributed by atoms with E-state index in [9.17, 15) is 13.2 Å². The smallest absolute Gasteiger partial charge is 0.421 e. The predicted molar refractivity (Wildman–Crippen MR) is 139 cm³/mol. The van der Waals surface area contributed by atoms with E-state index in [1.54, 1.807) is 4.72 Å². The van der Waals surface area contributed by atoms with E-state index in [1.807, 2.05) is 36.4 Å². The van der Waals surface area contributed by atoms with Crippen LogP contribution in [0.5, 0.6) is 11.5 Å². The van der Waals surface area contributed by atoms with E-state index in [-0.39, 0.29) is 13.2 Å². The van der Waals surface area contributed by atoms with Crippen molar-refractivity contribution in [1.29, 1.82) is 0 Å². The van der Waals surface area contributed by atoms with E-state index in [0.29, 0.717) is 59.2 Å². The zero-order valence-corrected chi connectivity index (χ0v) is 22.6. The first-order valence-electron chi connectivity index (χ1n) is 10.8. The highest BCUT2D eigenvalue weighted by Crippen LogP contribution is 2.44. The van der Waals surface area contributed by atoms with E-state index < -0.39 is 21.5 Å². The number of rotatable bonds is 12. The Morgan fingerprint density at radius 2 is 1.72 bits per heavy atom. The second-order valence-electron chi connectivity index (χ2n) is 8.25. The molecule has 0 aliphatic carbocycles. The van der Waals surface area contributed by atoms with Crippen LogP contribution < -0.4 is 14.2 Å². The monoisotopic (exact) mass is 577 g/mol. The van der Waals surface area contributed by atoms with Gasteiger partial charge in [-0.2, -0.15) is 0 Å². The summed E-state index contributed by atoms with van der Waals surface area (Å²) in [5.41, 5.74) is 1.96. The first-order chi connectivity index (χ1) is 17.0. The molecule has 2 aromatic carbocycles. The van der Waals surface area contributed by atoms with E-state index in [2.05, 4.69) is 6.58 Å². The van der Waals surface area contributed by atoms with E-state index in [4.69, 9.17) is 53.8 Å². The van der Waals surface area contributed by atoms with Crippen molar-refractivity contribution in [3.8, 4) is 11.5 Å². The number of carbonyl (C=O) groups is 1. The molecule has 12 heteroatoms. The summed E-state index contributed by atoms with van der Waals surface area (Å²) in [5.74, 6) is 1.50. The Bertz CT molecular complexity index is 1180. The molecule has 1 fully saturated rings. The third-order valence-corrected chi connectivity index (χ3v) is 6.66. The number of hydrogen-bond donors (Lipinski definition) is 1. The van der Waals surface area contributed by atoms with E-state index in [1.165, 1.54) is 0 Å². The first kappa shape index (κ1) is 28.4. The lowest BCUT2D eigenvalue weighted by atomic mass is 9.73. The van der Waals surface area contributed by atoms with Crippen LogP contribution in [0.4, 0.5) is 4.79 Å². The van der Waals surface area contributed by atoms with Crippen molar-refractivity contribution in [3.05, 3.63) is 69.7 Å². The number of hydrogen-bond acceptors (Lipinski definition) is 7. The van der Waals surface area contributed by atoms with Gasteiger partial charge in [0.15, 0.2) is 5.75 Å². The molecule has 1 heterocycles. The van der Waals surface area contributed by atoms with Gasteiger partial charge in [0.1, 0.15) is 19.0 Å². The minimum atomic E-state index is -3.69. The molecule has 0 spiro atoms. The number of ether oxygens (including phenoxy) is 4. The maximum absolute atomic E-state index is 11.4. The molecule has 1 aliphatic rings. The first-order valence-corrected chi connectivity index (χ1v) is 14.0. The second-order valence-corrected chi connectivity index (χ2v) is 11.2. The van der Waals surface area contributed by atoms with Gasteiger partial charge < -0.3 is 18.9 Å². The van der Waals surface area contributed by atoms with Gasteiger partial charge in [-0.25, -0.2) is 17.9 Å². The summed E-state index contributed by atoms with van der Waals surface area (Å²) in [6.45, 7) is 5.02. The summed E-state index contributed by atoms with van der Waals surface area (Å²) in [6.07, 6.45) is 0.458. The molecule has 0 saturated carbocycles. The average Bonchev–Trinajstić information content (AvgIpc) is 2.77. The van der Waals surface area contributed by atoms with Crippen LogP contribution >= 0.6 is 34.8 Å². The van der Waals surface area contributed by atoms with E-state index in [0.717, 1.165) is 17.4 Å². The van der Waals surface area contributed by atoms with Gasteiger partial charge in [0.25, 0.3) is 0 Å². The van der Waals surface area contributed by atoms with Crippen LogP contribution in [0.2, 0.25) is 10.0 Å². The predicted octanol–water partition coefficient (Wildman–Crippen LogP) is 4.94. The molecule has 1 amide bonds. The molecule has 0 bridgehead atoms. The van der Waals surface area contributed by atoms with E-state index >= 15 is 0 Å². The van der Waals surface area contributed by atoms with Gasteiger partial charge in [-0.3, -0.25) is 0 Å². The fraction of sp³-hybridized carbons (Fsp3) is 0.375. The van der Waals surface area contributed by atoms with Gasteiger partial charge in [0.2, 0.25) is 10.0 Å². The van der Waals surface area contributed by atoms with Gasteiger partial charge in [0, 0.05) is 5.88 Å². The Labute approximate surface area is 225 Å². The SMILES string of the molecule is C=C(COC(=O)NS(C)(=O)=O)COc1ccc(C2(c3cc(Cl)c(OCCCCl)c(Cl)c3)COC2)cc1. The Hall–Kier alpha value is -2.17. The average molecular weight is 579 g/mol. The van der Waals surface area contributed by atoms with Gasteiger partial charge in [-0.05, 0) is 47.4 Å². The highest BCUT2D eigenvalue weighted by atomic mass is 35.5. The largest absolute Gasteiger partial charge is 0.490 e. The zero-order chi connectivity index (χ0) is 26.3. The molecule has 1 N–H and O–H groups in total. The highest BCUT2D eigenvalue weighted by molar-refractivity contribution is 7.89. The van der Waals surface area contributed by atoms with Crippen molar-refractivity contribution in [3.63, 3.8) is 0 Å².